The lowest BCUT2D eigenvalue weighted by molar-refractivity contribution is 0.280. The minimum Gasteiger partial charge on any atom is -0.505 e. The van der Waals surface area contributed by atoms with Crippen molar-refractivity contribution in [3.05, 3.63) is 58.9 Å². The van der Waals surface area contributed by atoms with Gasteiger partial charge in [-0.15, -0.1) is 0 Å². The summed E-state index contributed by atoms with van der Waals surface area (Å²) in [5.74, 6) is 0.0820. The SMILES string of the molecule is CCC[C@@H](N=Cc1c(CO)cnc(C)c1O)c1ccccc1. The summed E-state index contributed by atoms with van der Waals surface area (Å²) < 4.78 is 0. The molecule has 0 spiro atoms. The number of rotatable bonds is 6. The Kier molecular flexibility index (Phi) is 5.67. The van der Waals surface area contributed by atoms with Gasteiger partial charge in [-0.05, 0) is 18.9 Å². The van der Waals surface area contributed by atoms with Gasteiger partial charge in [-0.2, -0.15) is 0 Å². The Bertz CT molecular complexity index is 639. The zero-order valence-corrected chi connectivity index (χ0v) is 13.0. The van der Waals surface area contributed by atoms with Gasteiger partial charge in [-0.25, -0.2) is 0 Å². The Morgan fingerprint density at radius 2 is 2.00 bits per heavy atom. The number of aliphatic hydroxyl groups is 1. The Balaban J connectivity index is 2.34. The highest BCUT2D eigenvalue weighted by Gasteiger charge is 2.12. The van der Waals surface area contributed by atoms with E-state index in [2.05, 4.69) is 29.0 Å². The summed E-state index contributed by atoms with van der Waals surface area (Å²) in [6, 6.07) is 10.1. The fourth-order valence-electron chi connectivity index (χ4n) is 2.36. The quantitative estimate of drug-likeness (QED) is 0.802. The van der Waals surface area contributed by atoms with E-state index in [4.69, 9.17) is 0 Å². The Morgan fingerprint density at radius 3 is 2.64 bits per heavy atom. The second kappa shape index (κ2) is 7.71. The molecule has 0 bridgehead atoms. The topological polar surface area (TPSA) is 65.7 Å². The first kappa shape index (κ1) is 16.2. The molecule has 0 aliphatic heterocycles. The van der Waals surface area contributed by atoms with Crippen LogP contribution in [0.1, 0.15) is 48.2 Å². The van der Waals surface area contributed by atoms with E-state index in [1.54, 1.807) is 19.3 Å². The molecule has 0 fully saturated rings. The number of pyridine rings is 1. The number of hydrogen-bond donors (Lipinski definition) is 2. The molecular formula is C18H22N2O2. The summed E-state index contributed by atoms with van der Waals surface area (Å²) in [6.07, 6.45) is 5.18. The lowest BCUT2D eigenvalue weighted by Gasteiger charge is -2.13. The minimum absolute atomic E-state index is 0.0469. The van der Waals surface area contributed by atoms with Crippen LogP contribution in [0, 0.1) is 6.92 Å². The molecule has 1 heterocycles. The molecule has 4 nitrogen and oxygen atoms in total. The normalized spacial score (nSPS) is 12.7. The first-order chi connectivity index (χ1) is 10.7. The van der Waals surface area contributed by atoms with Crippen LogP contribution in [-0.2, 0) is 6.61 Å². The summed E-state index contributed by atoms with van der Waals surface area (Å²) in [5, 5.41) is 19.6. The second-order valence-corrected chi connectivity index (χ2v) is 5.28. The molecule has 1 atom stereocenters. The Hall–Kier alpha value is -2.20. The van der Waals surface area contributed by atoms with Crippen LogP contribution in [0.25, 0.3) is 0 Å². The zero-order chi connectivity index (χ0) is 15.9. The molecule has 2 aromatic rings. The summed E-state index contributed by atoms with van der Waals surface area (Å²) in [4.78, 5) is 8.70. The van der Waals surface area contributed by atoms with Gasteiger partial charge in [0.1, 0.15) is 5.75 Å². The highest BCUT2D eigenvalue weighted by molar-refractivity contribution is 5.85. The molecule has 116 valence electrons. The van der Waals surface area contributed by atoms with Crippen LogP contribution in [0.2, 0.25) is 0 Å². The molecule has 0 saturated heterocycles. The molecule has 2 rings (SSSR count). The van der Waals surface area contributed by atoms with Gasteiger partial charge in [0.2, 0.25) is 0 Å². The van der Waals surface area contributed by atoms with Crippen LogP contribution in [-0.4, -0.2) is 21.4 Å². The average molecular weight is 298 g/mol. The van der Waals surface area contributed by atoms with Gasteiger partial charge >= 0.3 is 0 Å². The van der Waals surface area contributed by atoms with Gasteiger partial charge in [0.25, 0.3) is 0 Å². The van der Waals surface area contributed by atoms with E-state index >= 15 is 0 Å². The van der Waals surface area contributed by atoms with Crippen molar-refractivity contribution in [1.82, 2.24) is 4.98 Å². The first-order valence-corrected chi connectivity index (χ1v) is 7.53. The molecule has 0 amide bonds. The number of hydrogen-bond acceptors (Lipinski definition) is 4. The summed E-state index contributed by atoms with van der Waals surface area (Å²) in [7, 11) is 0. The van der Waals surface area contributed by atoms with Gasteiger partial charge in [0, 0.05) is 23.5 Å². The Morgan fingerprint density at radius 1 is 1.27 bits per heavy atom. The Labute approximate surface area is 131 Å². The second-order valence-electron chi connectivity index (χ2n) is 5.28. The molecule has 22 heavy (non-hydrogen) atoms. The van der Waals surface area contributed by atoms with Gasteiger partial charge < -0.3 is 10.2 Å². The highest BCUT2D eigenvalue weighted by Crippen LogP contribution is 2.25. The third-order valence-electron chi connectivity index (χ3n) is 3.66. The number of aliphatic imine (C=N–C) groups is 1. The zero-order valence-electron chi connectivity index (χ0n) is 13.0. The fraction of sp³-hybridized carbons (Fsp3) is 0.333. The molecule has 0 saturated carbocycles. The standard InChI is InChI=1S/C18H22N2O2/c1-3-7-17(14-8-5-4-6-9-14)20-11-16-15(12-21)10-19-13(2)18(16)22/h4-6,8-11,17,21-22H,3,7,12H2,1-2H3/t17-/m1/s1. The van der Waals surface area contributed by atoms with Crippen molar-refractivity contribution in [3.63, 3.8) is 0 Å². The molecule has 0 aliphatic rings. The molecule has 0 unspecified atom stereocenters. The maximum Gasteiger partial charge on any atom is 0.145 e. The third kappa shape index (κ3) is 3.71. The van der Waals surface area contributed by atoms with Gasteiger partial charge in [-0.1, -0.05) is 43.7 Å². The van der Waals surface area contributed by atoms with E-state index in [9.17, 15) is 10.2 Å². The number of nitrogens with zero attached hydrogens (tertiary/aromatic N) is 2. The summed E-state index contributed by atoms with van der Waals surface area (Å²) >= 11 is 0. The summed E-state index contributed by atoms with van der Waals surface area (Å²) in [5.41, 5.74) is 2.81. The van der Waals surface area contributed by atoms with Crippen molar-refractivity contribution in [2.24, 2.45) is 4.99 Å². The van der Waals surface area contributed by atoms with Crippen molar-refractivity contribution >= 4 is 6.21 Å². The lowest BCUT2D eigenvalue weighted by atomic mass is 10.0. The first-order valence-electron chi connectivity index (χ1n) is 7.53. The van der Waals surface area contributed by atoms with E-state index in [1.807, 2.05) is 18.2 Å². The van der Waals surface area contributed by atoms with Crippen LogP contribution in [0.4, 0.5) is 0 Å². The van der Waals surface area contributed by atoms with Crippen LogP contribution in [0.3, 0.4) is 0 Å². The molecule has 2 N–H and O–H groups in total. The maximum absolute atomic E-state index is 10.2. The van der Waals surface area contributed by atoms with Crippen molar-refractivity contribution < 1.29 is 10.2 Å². The molecule has 4 heteroatoms. The predicted octanol–water partition coefficient (Wildman–Crippen LogP) is 3.55. The highest BCUT2D eigenvalue weighted by atomic mass is 16.3. The predicted molar refractivity (Wildman–Crippen MR) is 88.2 cm³/mol. The number of benzene rings is 1. The van der Waals surface area contributed by atoms with E-state index in [0.717, 1.165) is 18.4 Å². The molecule has 1 aromatic carbocycles. The molecule has 0 aliphatic carbocycles. The largest absolute Gasteiger partial charge is 0.505 e. The number of aromatic nitrogens is 1. The lowest BCUT2D eigenvalue weighted by Crippen LogP contribution is -2.00. The van der Waals surface area contributed by atoms with E-state index in [-0.39, 0.29) is 18.4 Å². The van der Waals surface area contributed by atoms with Crippen LogP contribution in [0.15, 0.2) is 41.5 Å². The van der Waals surface area contributed by atoms with Crippen LogP contribution in [0.5, 0.6) is 5.75 Å². The summed E-state index contributed by atoms with van der Waals surface area (Å²) in [6.45, 7) is 3.68. The van der Waals surface area contributed by atoms with Crippen LogP contribution >= 0.6 is 0 Å². The monoisotopic (exact) mass is 298 g/mol. The number of aryl methyl sites for hydroxylation is 1. The molecule has 1 aromatic heterocycles. The smallest absolute Gasteiger partial charge is 0.145 e. The molecule has 0 radical (unpaired) electrons. The third-order valence-corrected chi connectivity index (χ3v) is 3.66. The average Bonchev–Trinajstić information content (AvgIpc) is 2.55. The number of aromatic hydroxyl groups is 1. The number of aliphatic hydroxyl groups excluding tert-OH is 1. The van der Waals surface area contributed by atoms with Crippen molar-refractivity contribution in [1.29, 1.82) is 0 Å². The maximum atomic E-state index is 10.2. The van der Waals surface area contributed by atoms with E-state index < -0.39 is 0 Å². The van der Waals surface area contributed by atoms with Crippen molar-refractivity contribution in [2.75, 3.05) is 0 Å². The van der Waals surface area contributed by atoms with Gasteiger partial charge in [0.15, 0.2) is 0 Å². The van der Waals surface area contributed by atoms with E-state index in [0.29, 0.717) is 16.8 Å². The van der Waals surface area contributed by atoms with Gasteiger partial charge in [0.05, 0.1) is 18.3 Å². The van der Waals surface area contributed by atoms with Gasteiger partial charge in [-0.3, -0.25) is 9.98 Å². The van der Waals surface area contributed by atoms with Crippen molar-refractivity contribution in [3.8, 4) is 5.75 Å². The minimum atomic E-state index is -0.175. The van der Waals surface area contributed by atoms with Crippen LogP contribution < -0.4 is 0 Å². The van der Waals surface area contributed by atoms with Crippen molar-refractivity contribution in [2.45, 2.75) is 39.3 Å². The molecular weight excluding hydrogens is 276 g/mol. The fourth-order valence-corrected chi connectivity index (χ4v) is 2.36. The van der Waals surface area contributed by atoms with E-state index in [1.165, 1.54) is 0 Å².